The van der Waals surface area contributed by atoms with Crippen LogP contribution in [0.5, 0.6) is 0 Å². The number of benzene rings is 3. The van der Waals surface area contributed by atoms with E-state index in [0.717, 1.165) is 11.4 Å². The van der Waals surface area contributed by atoms with Crippen LogP contribution in [0.4, 0.5) is 0 Å². The van der Waals surface area contributed by atoms with Crippen molar-refractivity contribution in [2.45, 2.75) is 13.3 Å². The van der Waals surface area contributed by atoms with Gasteiger partial charge < -0.3 is 0 Å². The third-order valence-corrected chi connectivity index (χ3v) is 4.22. The SMILES string of the molecule is CC/C(=C(\c1ccccc1)c1ccc(Cl)cc1)c1ccccc1. The van der Waals surface area contributed by atoms with Crippen LogP contribution in [0, 0.1) is 0 Å². The fourth-order valence-corrected chi connectivity index (χ4v) is 3.03. The van der Waals surface area contributed by atoms with Crippen LogP contribution in [0.15, 0.2) is 84.9 Å². The van der Waals surface area contributed by atoms with Crippen LogP contribution >= 0.6 is 11.6 Å². The van der Waals surface area contributed by atoms with Crippen molar-refractivity contribution >= 4 is 22.7 Å². The maximum absolute atomic E-state index is 6.08. The molecule has 0 spiro atoms. The molecule has 0 saturated carbocycles. The van der Waals surface area contributed by atoms with Gasteiger partial charge in [0.15, 0.2) is 0 Å². The molecule has 0 saturated heterocycles. The molecule has 0 aromatic heterocycles. The Labute approximate surface area is 143 Å². The van der Waals surface area contributed by atoms with Gasteiger partial charge in [-0.3, -0.25) is 0 Å². The van der Waals surface area contributed by atoms with E-state index >= 15 is 0 Å². The Bertz CT molecular complexity index is 784. The smallest absolute Gasteiger partial charge is 0.0406 e. The molecular weight excluding hydrogens is 300 g/mol. The first-order chi connectivity index (χ1) is 11.3. The molecule has 0 aliphatic carbocycles. The molecule has 0 radical (unpaired) electrons. The Morgan fingerprint density at radius 2 is 1.13 bits per heavy atom. The monoisotopic (exact) mass is 318 g/mol. The van der Waals surface area contributed by atoms with Crippen molar-refractivity contribution in [3.63, 3.8) is 0 Å². The maximum Gasteiger partial charge on any atom is 0.0406 e. The highest BCUT2D eigenvalue weighted by molar-refractivity contribution is 6.30. The van der Waals surface area contributed by atoms with Crippen LogP contribution in [-0.2, 0) is 0 Å². The van der Waals surface area contributed by atoms with Gasteiger partial charge >= 0.3 is 0 Å². The molecule has 0 fully saturated rings. The molecule has 0 unspecified atom stereocenters. The summed E-state index contributed by atoms with van der Waals surface area (Å²) in [6, 6.07) is 29.3. The third-order valence-electron chi connectivity index (χ3n) is 3.97. The molecule has 114 valence electrons. The molecule has 0 N–H and O–H groups in total. The Morgan fingerprint density at radius 1 is 0.652 bits per heavy atom. The molecule has 0 aliphatic heterocycles. The van der Waals surface area contributed by atoms with Crippen molar-refractivity contribution in [2.24, 2.45) is 0 Å². The highest BCUT2D eigenvalue weighted by Gasteiger charge is 2.12. The predicted molar refractivity (Wildman–Crippen MR) is 101 cm³/mol. The summed E-state index contributed by atoms with van der Waals surface area (Å²) >= 11 is 6.08. The molecular formula is C22H19Cl. The van der Waals surface area contributed by atoms with Crippen molar-refractivity contribution in [2.75, 3.05) is 0 Å². The summed E-state index contributed by atoms with van der Waals surface area (Å²) < 4.78 is 0. The summed E-state index contributed by atoms with van der Waals surface area (Å²) in [5.74, 6) is 0. The standard InChI is InChI=1S/C22H19Cl/c1-2-21(17-9-5-3-6-10-17)22(18-11-7-4-8-12-18)19-13-15-20(23)16-14-19/h3-16H,2H2,1H3/b22-21-. The van der Waals surface area contributed by atoms with E-state index in [1.54, 1.807) is 0 Å². The minimum atomic E-state index is 0.763. The summed E-state index contributed by atoms with van der Waals surface area (Å²) in [6.45, 7) is 2.21. The highest BCUT2D eigenvalue weighted by Crippen LogP contribution is 2.34. The molecule has 0 amide bonds. The fourth-order valence-electron chi connectivity index (χ4n) is 2.90. The molecule has 0 aliphatic rings. The normalized spacial score (nSPS) is 11.9. The quantitative estimate of drug-likeness (QED) is 0.469. The van der Waals surface area contributed by atoms with Crippen LogP contribution in [0.2, 0.25) is 5.02 Å². The summed E-state index contributed by atoms with van der Waals surface area (Å²) in [5, 5.41) is 0.763. The average molecular weight is 319 g/mol. The van der Waals surface area contributed by atoms with Crippen LogP contribution in [0.25, 0.3) is 11.1 Å². The van der Waals surface area contributed by atoms with Gasteiger partial charge in [-0.15, -0.1) is 0 Å². The first kappa shape index (κ1) is 15.6. The number of hydrogen-bond donors (Lipinski definition) is 0. The molecule has 23 heavy (non-hydrogen) atoms. The van der Waals surface area contributed by atoms with E-state index in [9.17, 15) is 0 Å². The van der Waals surface area contributed by atoms with Crippen LogP contribution in [0.3, 0.4) is 0 Å². The topological polar surface area (TPSA) is 0 Å². The summed E-state index contributed by atoms with van der Waals surface area (Å²) in [4.78, 5) is 0. The van der Waals surface area contributed by atoms with Gasteiger partial charge in [0.2, 0.25) is 0 Å². The zero-order valence-electron chi connectivity index (χ0n) is 13.2. The van der Waals surface area contributed by atoms with E-state index in [0.29, 0.717) is 0 Å². The van der Waals surface area contributed by atoms with Gasteiger partial charge in [-0.05, 0) is 46.4 Å². The Kier molecular flexibility index (Phi) is 4.95. The van der Waals surface area contributed by atoms with Crippen LogP contribution < -0.4 is 0 Å². The molecule has 3 aromatic carbocycles. The molecule has 0 bridgehead atoms. The zero-order valence-corrected chi connectivity index (χ0v) is 13.9. The average Bonchev–Trinajstić information content (AvgIpc) is 2.62. The predicted octanol–water partition coefficient (Wildman–Crippen LogP) is 6.71. The van der Waals surface area contributed by atoms with E-state index in [1.165, 1.54) is 27.8 Å². The molecule has 0 nitrogen and oxygen atoms in total. The van der Waals surface area contributed by atoms with E-state index in [-0.39, 0.29) is 0 Å². The van der Waals surface area contributed by atoms with Gasteiger partial charge in [-0.25, -0.2) is 0 Å². The van der Waals surface area contributed by atoms with E-state index < -0.39 is 0 Å². The maximum atomic E-state index is 6.08. The highest BCUT2D eigenvalue weighted by atomic mass is 35.5. The first-order valence-corrected chi connectivity index (χ1v) is 8.27. The second-order valence-corrected chi connectivity index (χ2v) is 5.88. The lowest BCUT2D eigenvalue weighted by Crippen LogP contribution is -1.94. The molecule has 0 heterocycles. The van der Waals surface area contributed by atoms with Crippen LogP contribution in [-0.4, -0.2) is 0 Å². The van der Waals surface area contributed by atoms with Crippen molar-refractivity contribution in [1.29, 1.82) is 0 Å². The van der Waals surface area contributed by atoms with Gasteiger partial charge in [-0.1, -0.05) is 91.3 Å². The summed E-state index contributed by atoms with van der Waals surface area (Å²) in [7, 11) is 0. The Balaban J connectivity index is 2.26. The minimum Gasteiger partial charge on any atom is -0.0843 e. The molecule has 3 rings (SSSR count). The first-order valence-electron chi connectivity index (χ1n) is 7.89. The number of hydrogen-bond acceptors (Lipinski definition) is 0. The summed E-state index contributed by atoms with van der Waals surface area (Å²) in [5.41, 5.74) is 6.32. The van der Waals surface area contributed by atoms with Gasteiger partial charge in [-0.2, -0.15) is 0 Å². The summed E-state index contributed by atoms with van der Waals surface area (Å²) in [6.07, 6.45) is 0.969. The van der Waals surface area contributed by atoms with Crippen molar-refractivity contribution < 1.29 is 0 Å². The Morgan fingerprint density at radius 3 is 1.65 bits per heavy atom. The Hall–Kier alpha value is -2.31. The van der Waals surface area contributed by atoms with Crippen LogP contribution in [0.1, 0.15) is 30.0 Å². The van der Waals surface area contributed by atoms with E-state index in [1.807, 2.05) is 12.1 Å². The van der Waals surface area contributed by atoms with Gasteiger partial charge in [0.25, 0.3) is 0 Å². The van der Waals surface area contributed by atoms with Crippen molar-refractivity contribution in [3.8, 4) is 0 Å². The van der Waals surface area contributed by atoms with Crippen molar-refractivity contribution in [3.05, 3.63) is 107 Å². The molecule has 1 heteroatoms. The molecule has 3 aromatic rings. The lowest BCUT2D eigenvalue weighted by molar-refractivity contribution is 1.24. The fraction of sp³-hybridized carbons (Fsp3) is 0.0909. The van der Waals surface area contributed by atoms with Gasteiger partial charge in [0.05, 0.1) is 0 Å². The van der Waals surface area contributed by atoms with E-state index in [4.69, 9.17) is 11.6 Å². The number of halogens is 1. The largest absolute Gasteiger partial charge is 0.0843 e. The van der Waals surface area contributed by atoms with Gasteiger partial charge in [0, 0.05) is 5.02 Å². The second-order valence-electron chi connectivity index (χ2n) is 5.45. The second kappa shape index (κ2) is 7.30. The lowest BCUT2D eigenvalue weighted by atomic mass is 9.88. The van der Waals surface area contributed by atoms with Gasteiger partial charge in [0.1, 0.15) is 0 Å². The third kappa shape index (κ3) is 3.55. The number of allylic oxidation sites excluding steroid dienone is 1. The number of rotatable bonds is 4. The van der Waals surface area contributed by atoms with Crippen molar-refractivity contribution in [1.82, 2.24) is 0 Å². The van der Waals surface area contributed by atoms with E-state index in [2.05, 4.69) is 79.7 Å². The lowest BCUT2D eigenvalue weighted by Gasteiger charge is -2.16. The minimum absolute atomic E-state index is 0.763. The molecule has 0 atom stereocenters. The zero-order chi connectivity index (χ0) is 16.1.